The summed E-state index contributed by atoms with van der Waals surface area (Å²) in [5.41, 5.74) is -2.16. The highest BCUT2D eigenvalue weighted by Gasteiger charge is 2.74. The van der Waals surface area contributed by atoms with E-state index in [1.807, 2.05) is 0 Å². The maximum atomic E-state index is 12.2. The Bertz CT molecular complexity index is 1140. The van der Waals surface area contributed by atoms with Gasteiger partial charge in [0.05, 0.1) is 60.9 Å². The highest BCUT2D eigenvalue weighted by Crippen LogP contribution is 2.60. The summed E-state index contributed by atoms with van der Waals surface area (Å²) in [5.74, 6) is -5.49. The molecule has 0 spiro atoms. The molecule has 4 aliphatic heterocycles. The van der Waals surface area contributed by atoms with Crippen LogP contribution >= 0.6 is 0 Å². The van der Waals surface area contributed by atoms with Crippen LogP contribution in [0.15, 0.2) is 23.7 Å². The predicted molar refractivity (Wildman–Crippen MR) is 123 cm³/mol. The zero-order valence-electron chi connectivity index (χ0n) is 20.9. The van der Waals surface area contributed by atoms with Crippen LogP contribution in [0.1, 0.15) is 39.5 Å². The Morgan fingerprint density at radius 3 is 1.42 bits per heavy atom. The van der Waals surface area contributed by atoms with Gasteiger partial charge in [-0.2, -0.15) is 0 Å². The summed E-state index contributed by atoms with van der Waals surface area (Å²) in [6.45, 7) is 4.00. The molecule has 2 saturated carbocycles. The van der Waals surface area contributed by atoms with E-state index >= 15 is 0 Å². The molecular weight excluding hydrogens is 500 g/mol. The highest BCUT2D eigenvalue weighted by molar-refractivity contribution is 6.09. The van der Waals surface area contributed by atoms with Crippen molar-refractivity contribution in [2.24, 2.45) is 35.5 Å². The van der Waals surface area contributed by atoms with E-state index < -0.39 is 70.5 Å². The van der Waals surface area contributed by atoms with Crippen molar-refractivity contribution in [1.82, 2.24) is 10.6 Å². The Balaban J connectivity index is 0.950. The first-order valence-electron chi connectivity index (χ1n) is 12.9. The molecule has 0 aromatic heterocycles. The Hall–Kier alpha value is -3.70. The van der Waals surface area contributed by atoms with Crippen LogP contribution in [-0.4, -0.2) is 60.0 Å². The molecular formula is C26H28N2O10. The third-order valence-corrected chi connectivity index (χ3v) is 8.92. The van der Waals surface area contributed by atoms with E-state index in [4.69, 9.17) is 18.9 Å². The second-order valence-electron chi connectivity index (χ2n) is 11.1. The van der Waals surface area contributed by atoms with E-state index in [-0.39, 0.29) is 11.8 Å². The van der Waals surface area contributed by atoms with Gasteiger partial charge in [-0.1, -0.05) is 0 Å². The maximum Gasteiger partial charge on any atom is 0.334 e. The normalized spacial score (nSPS) is 40.1. The van der Waals surface area contributed by atoms with Gasteiger partial charge >= 0.3 is 11.9 Å². The Morgan fingerprint density at radius 1 is 0.632 bits per heavy atom. The lowest BCUT2D eigenvalue weighted by Gasteiger charge is -2.54. The number of hydrogen-bond donors (Lipinski definition) is 2. The molecule has 4 fully saturated rings. The fourth-order valence-corrected chi connectivity index (χ4v) is 7.26. The standard InChI is InChI=1S/C26H28N2O10/c1-25-17(15-19(25)23(33)27-21(15)31)11(9-13(29)37-25)35-7-5-3-4-6-8-36-12-10-14(30)38-26(2)18(12)16-20(26)24(34)28-22(16)32/h9-10,15-20H,3-8H2,1-2H3,(H,27,31,33)(H,28,32,34)/t15-,16+,17+,18-,19+,20-,25+,26-. The molecule has 8 atom stereocenters. The summed E-state index contributed by atoms with van der Waals surface area (Å²) in [4.78, 5) is 72.8. The fraction of sp³-hybridized carbons (Fsp3) is 0.615. The monoisotopic (exact) mass is 528 g/mol. The number of fused-ring (bicyclic) bond motifs is 8. The van der Waals surface area contributed by atoms with Crippen molar-refractivity contribution in [2.75, 3.05) is 13.2 Å². The number of unbranched alkanes of at least 4 members (excludes halogenated alkanes) is 3. The van der Waals surface area contributed by atoms with Crippen LogP contribution in [0.3, 0.4) is 0 Å². The summed E-state index contributed by atoms with van der Waals surface area (Å²) < 4.78 is 22.6. The smallest absolute Gasteiger partial charge is 0.334 e. The molecule has 38 heavy (non-hydrogen) atoms. The van der Waals surface area contributed by atoms with Crippen molar-refractivity contribution in [3.8, 4) is 0 Å². The fourth-order valence-electron chi connectivity index (χ4n) is 7.26. The Labute approximate surface area is 217 Å². The van der Waals surface area contributed by atoms with Crippen LogP contribution in [0.25, 0.3) is 0 Å². The van der Waals surface area contributed by atoms with E-state index in [1.54, 1.807) is 13.8 Å². The van der Waals surface area contributed by atoms with Crippen molar-refractivity contribution in [3.05, 3.63) is 23.7 Å². The second kappa shape index (κ2) is 8.40. The minimum absolute atomic E-state index is 0.336. The summed E-state index contributed by atoms with van der Waals surface area (Å²) in [7, 11) is 0. The third kappa shape index (κ3) is 3.34. The quantitative estimate of drug-likeness (QED) is 0.237. The molecule has 0 unspecified atom stereocenters. The lowest BCUT2D eigenvalue weighted by molar-refractivity contribution is -0.212. The topological polar surface area (TPSA) is 163 Å². The largest absolute Gasteiger partial charge is 0.497 e. The van der Waals surface area contributed by atoms with Crippen molar-refractivity contribution in [1.29, 1.82) is 0 Å². The van der Waals surface area contributed by atoms with Crippen molar-refractivity contribution in [2.45, 2.75) is 50.7 Å². The average molecular weight is 529 g/mol. The molecule has 0 aromatic rings. The van der Waals surface area contributed by atoms with E-state index in [2.05, 4.69) is 10.6 Å². The van der Waals surface area contributed by atoms with E-state index in [0.717, 1.165) is 12.8 Å². The molecule has 2 aliphatic carbocycles. The molecule has 4 amide bonds. The number of rotatable bonds is 9. The van der Waals surface area contributed by atoms with Gasteiger partial charge in [0.15, 0.2) is 0 Å². The predicted octanol–water partition coefficient (Wildman–Crippen LogP) is 0.0160. The summed E-state index contributed by atoms with van der Waals surface area (Å²) in [6, 6.07) is 0. The maximum absolute atomic E-state index is 12.2. The number of ether oxygens (including phenoxy) is 4. The molecule has 12 heteroatoms. The van der Waals surface area contributed by atoms with Crippen molar-refractivity contribution < 1.29 is 47.7 Å². The number of amides is 4. The molecule has 2 saturated heterocycles. The summed E-state index contributed by atoms with van der Waals surface area (Å²) >= 11 is 0. The lowest BCUT2D eigenvalue weighted by Crippen LogP contribution is -2.66. The zero-order valence-corrected chi connectivity index (χ0v) is 20.9. The van der Waals surface area contributed by atoms with Crippen molar-refractivity contribution >= 4 is 35.6 Å². The first kappa shape index (κ1) is 24.6. The average Bonchev–Trinajstić information content (AvgIpc) is 3.23. The number of hydrogen-bond acceptors (Lipinski definition) is 10. The molecule has 6 rings (SSSR count). The molecule has 12 nitrogen and oxygen atoms in total. The van der Waals surface area contributed by atoms with Crippen LogP contribution in [0.5, 0.6) is 0 Å². The molecule has 0 bridgehead atoms. The highest BCUT2D eigenvalue weighted by atomic mass is 16.6. The van der Waals surface area contributed by atoms with Gasteiger partial charge in [0.1, 0.15) is 22.7 Å². The number of esters is 2. The van der Waals surface area contributed by atoms with E-state index in [9.17, 15) is 28.8 Å². The minimum Gasteiger partial charge on any atom is -0.497 e. The lowest BCUT2D eigenvalue weighted by atomic mass is 9.53. The van der Waals surface area contributed by atoms with Crippen LogP contribution < -0.4 is 10.6 Å². The molecule has 4 heterocycles. The number of carbonyl (C=O) groups excluding carboxylic acids is 6. The number of imide groups is 2. The van der Waals surface area contributed by atoms with Gasteiger partial charge in [-0.05, 0) is 39.5 Å². The van der Waals surface area contributed by atoms with Crippen LogP contribution in [0, 0.1) is 35.5 Å². The zero-order chi connectivity index (χ0) is 27.0. The van der Waals surface area contributed by atoms with Gasteiger partial charge in [-0.25, -0.2) is 9.59 Å². The molecule has 202 valence electrons. The molecule has 0 aromatic carbocycles. The minimum atomic E-state index is -1.08. The summed E-state index contributed by atoms with van der Waals surface area (Å²) in [5, 5.41) is 4.63. The Morgan fingerprint density at radius 2 is 1.03 bits per heavy atom. The van der Waals surface area contributed by atoms with Gasteiger partial charge in [0.2, 0.25) is 23.6 Å². The Kier molecular flexibility index (Phi) is 5.45. The van der Waals surface area contributed by atoms with Crippen LogP contribution in [-0.2, 0) is 47.7 Å². The van der Waals surface area contributed by atoms with E-state index in [1.165, 1.54) is 12.2 Å². The first-order chi connectivity index (χ1) is 18.1. The third-order valence-electron chi connectivity index (χ3n) is 8.92. The number of carbonyl (C=O) groups is 6. The van der Waals surface area contributed by atoms with Gasteiger partial charge in [-0.3, -0.25) is 29.8 Å². The summed E-state index contributed by atoms with van der Waals surface area (Å²) in [6.07, 6.45) is 5.50. The van der Waals surface area contributed by atoms with Crippen LogP contribution in [0.4, 0.5) is 0 Å². The first-order valence-corrected chi connectivity index (χ1v) is 12.9. The van der Waals surface area contributed by atoms with Gasteiger partial charge in [0.25, 0.3) is 0 Å². The number of nitrogens with one attached hydrogen (secondary N) is 2. The van der Waals surface area contributed by atoms with Crippen molar-refractivity contribution in [3.63, 3.8) is 0 Å². The van der Waals surface area contributed by atoms with Crippen LogP contribution in [0.2, 0.25) is 0 Å². The van der Waals surface area contributed by atoms with Gasteiger partial charge in [0, 0.05) is 0 Å². The SMILES string of the molecule is C[C@@]12OC(=O)C=C(OCCCCCCOC3=CC(=O)O[C@]4(C)[C@@H]5C(=O)NC(=O)[C@@H]5[C@H]34)[C@@H]1[C@@H]1C(=O)NC(=O)[C@@H]12. The molecule has 0 radical (unpaired) electrons. The molecule has 6 aliphatic rings. The van der Waals surface area contributed by atoms with E-state index in [0.29, 0.717) is 37.6 Å². The van der Waals surface area contributed by atoms with Gasteiger partial charge < -0.3 is 18.9 Å². The second-order valence-corrected chi connectivity index (χ2v) is 11.1. The molecule has 2 N–H and O–H groups in total. The van der Waals surface area contributed by atoms with Gasteiger partial charge in [-0.15, -0.1) is 0 Å².